The van der Waals surface area contributed by atoms with Gasteiger partial charge in [0.2, 0.25) is 5.91 Å². The van der Waals surface area contributed by atoms with Crippen molar-refractivity contribution in [2.75, 3.05) is 18.5 Å². The highest BCUT2D eigenvalue weighted by atomic mass is 19.1. The minimum Gasteiger partial charge on any atom is -0.339 e. The molecule has 1 amide bonds. The molecule has 0 aromatic heterocycles. The number of rotatable bonds is 2. The van der Waals surface area contributed by atoms with E-state index in [1.165, 1.54) is 12.1 Å². The lowest BCUT2D eigenvalue weighted by Gasteiger charge is -2.34. The molecular weight excluding hydrogens is 230 g/mol. The van der Waals surface area contributed by atoms with E-state index in [2.05, 4.69) is 4.81 Å². The molecule has 1 aromatic carbocycles. The maximum Gasteiger partial charge on any atom is 0.243 e. The highest BCUT2D eigenvalue weighted by Gasteiger charge is 2.28. The Morgan fingerprint density at radius 2 is 2.06 bits per heavy atom. The van der Waals surface area contributed by atoms with Gasteiger partial charge in [-0.3, -0.25) is 4.79 Å². The Morgan fingerprint density at radius 1 is 1.39 bits per heavy atom. The Balaban J connectivity index is 2.10. The zero-order valence-corrected chi connectivity index (χ0v) is 10.9. The SMILES string of the molecule is BN1CCCCC1C(=O)N(C)c1ccc(F)cc1. The number of halogens is 1. The van der Waals surface area contributed by atoms with E-state index in [9.17, 15) is 9.18 Å². The summed E-state index contributed by atoms with van der Waals surface area (Å²) in [6.45, 7) is 0.966. The Bertz CT molecular complexity index is 424. The molecule has 0 spiro atoms. The molecule has 1 aliphatic heterocycles. The summed E-state index contributed by atoms with van der Waals surface area (Å²) in [5.74, 6) is -0.196. The minimum atomic E-state index is -0.283. The fourth-order valence-electron chi connectivity index (χ4n) is 2.40. The molecule has 18 heavy (non-hydrogen) atoms. The molecule has 3 nitrogen and oxygen atoms in total. The summed E-state index contributed by atoms with van der Waals surface area (Å²) in [4.78, 5) is 16.1. The number of likely N-dealkylation sites (N-methyl/N-ethyl adjacent to an activating group) is 1. The van der Waals surface area contributed by atoms with Gasteiger partial charge in [0, 0.05) is 12.7 Å². The summed E-state index contributed by atoms with van der Waals surface area (Å²) >= 11 is 0. The molecule has 0 aliphatic carbocycles. The van der Waals surface area contributed by atoms with Gasteiger partial charge < -0.3 is 9.71 Å². The summed E-state index contributed by atoms with van der Waals surface area (Å²) in [5, 5.41) is 0. The van der Waals surface area contributed by atoms with E-state index in [1.54, 1.807) is 24.1 Å². The summed E-state index contributed by atoms with van der Waals surface area (Å²) in [7, 11) is 3.73. The predicted octanol–water partition coefficient (Wildman–Crippen LogP) is 1.19. The average Bonchev–Trinajstić information content (AvgIpc) is 2.38. The lowest BCUT2D eigenvalue weighted by Crippen LogP contribution is -2.49. The van der Waals surface area contributed by atoms with Crippen LogP contribution in [0.25, 0.3) is 0 Å². The van der Waals surface area contributed by atoms with E-state index in [-0.39, 0.29) is 17.8 Å². The largest absolute Gasteiger partial charge is 0.339 e. The fraction of sp³-hybridized carbons (Fsp3) is 0.462. The minimum absolute atomic E-state index is 0.0474. The van der Waals surface area contributed by atoms with Crippen molar-refractivity contribution < 1.29 is 9.18 Å². The second-order valence-electron chi connectivity index (χ2n) is 4.87. The Kier molecular flexibility index (Phi) is 4.02. The van der Waals surface area contributed by atoms with Gasteiger partial charge in [0.1, 0.15) is 5.82 Å². The molecule has 0 radical (unpaired) electrons. The standard InChI is InChI=1S/C13H18BFN2O/c1-16(11-7-5-10(15)6-8-11)13(18)12-4-2-3-9-17(12)14/h5-8,12H,2-4,9,14H2,1H3. The monoisotopic (exact) mass is 248 g/mol. The first-order valence-corrected chi connectivity index (χ1v) is 6.33. The van der Waals surface area contributed by atoms with Crippen molar-refractivity contribution in [3.63, 3.8) is 0 Å². The second-order valence-corrected chi connectivity index (χ2v) is 4.87. The van der Waals surface area contributed by atoms with Gasteiger partial charge >= 0.3 is 0 Å². The van der Waals surface area contributed by atoms with Gasteiger partial charge in [0.05, 0.1) is 6.04 Å². The highest BCUT2D eigenvalue weighted by Crippen LogP contribution is 2.20. The quantitative estimate of drug-likeness (QED) is 0.734. The van der Waals surface area contributed by atoms with Gasteiger partial charge in [0.25, 0.3) is 0 Å². The van der Waals surface area contributed by atoms with Crippen LogP contribution in [-0.4, -0.2) is 38.3 Å². The lowest BCUT2D eigenvalue weighted by atomic mass is 9.97. The summed E-state index contributed by atoms with van der Waals surface area (Å²) < 4.78 is 12.9. The van der Waals surface area contributed by atoms with Crippen molar-refractivity contribution in [1.29, 1.82) is 0 Å². The number of piperidine rings is 1. The van der Waals surface area contributed by atoms with Crippen molar-refractivity contribution in [1.82, 2.24) is 4.81 Å². The first-order valence-electron chi connectivity index (χ1n) is 6.33. The Labute approximate surface area is 108 Å². The van der Waals surface area contributed by atoms with E-state index in [4.69, 9.17) is 0 Å². The van der Waals surface area contributed by atoms with E-state index < -0.39 is 0 Å². The number of carbonyl (C=O) groups is 1. The number of carbonyl (C=O) groups excluding carboxylic acids is 1. The topological polar surface area (TPSA) is 23.6 Å². The van der Waals surface area contributed by atoms with Crippen LogP contribution in [0.4, 0.5) is 10.1 Å². The number of nitrogens with zero attached hydrogens (tertiary/aromatic N) is 2. The van der Waals surface area contributed by atoms with Crippen molar-refractivity contribution in [2.24, 2.45) is 0 Å². The normalized spacial score (nSPS) is 20.7. The first-order chi connectivity index (χ1) is 8.59. The van der Waals surface area contributed by atoms with E-state index >= 15 is 0 Å². The van der Waals surface area contributed by atoms with Crippen LogP contribution in [0.2, 0.25) is 0 Å². The van der Waals surface area contributed by atoms with Gasteiger partial charge in [0.15, 0.2) is 7.98 Å². The molecule has 96 valence electrons. The number of hydrogen-bond donors (Lipinski definition) is 0. The van der Waals surface area contributed by atoms with Crippen LogP contribution < -0.4 is 4.90 Å². The van der Waals surface area contributed by atoms with Crippen molar-refractivity contribution >= 4 is 19.6 Å². The number of hydrogen-bond acceptors (Lipinski definition) is 2. The number of benzene rings is 1. The molecule has 0 N–H and O–H groups in total. The number of anilines is 1. The Hall–Kier alpha value is -1.36. The van der Waals surface area contributed by atoms with Crippen LogP contribution in [0.3, 0.4) is 0 Å². The van der Waals surface area contributed by atoms with Crippen LogP contribution in [0.15, 0.2) is 24.3 Å². The molecule has 1 fully saturated rings. The molecule has 1 atom stereocenters. The summed E-state index contributed by atoms with van der Waals surface area (Å²) in [6.07, 6.45) is 3.15. The summed E-state index contributed by atoms with van der Waals surface area (Å²) in [6, 6.07) is 5.98. The molecule has 1 heterocycles. The van der Waals surface area contributed by atoms with E-state index in [0.29, 0.717) is 0 Å². The maximum absolute atomic E-state index is 12.9. The molecule has 2 rings (SSSR count). The van der Waals surface area contributed by atoms with Crippen molar-refractivity contribution in [3.05, 3.63) is 30.1 Å². The zero-order valence-electron chi connectivity index (χ0n) is 10.9. The number of amides is 1. The molecule has 1 aromatic rings. The van der Waals surface area contributed by atoms with Crippen molar-refractivity contribution in [3.8, 4) is 0 Å². The van der Waals surface area contributed by atoms with Crippen LogP contribution in [0.5, 0.6) is 0 Å². The first kappa shape index (κ1) is 13.1. The fourth-order valence-corrected chi connectivity index (χ4v) is 2.40. The third-order valence-electron chi connectivity index (χ3n) is 3.60. The maximum atomic E-state index is 12.9. The van der Waals surface area contributed by atoms with Crippen LogP contribution in [-0.2, 0) is 4.79 Å². The predicted molar refractivity (Wildman–Crippen MR) is 72.7 cm³/mol. The van der Waals surface area contributed by atoms with Gasteiger partial charge in [-0.2, -0.15) is 0 Å². The molecule has 5 heteroatoms. The van der Waals surface area contributed by atoms with Gasteiger partial charge in [-0.25, -0.2) is 4.39 Å². The van der Waals surface area contributed by atoms with E-state index in [1.807, 2.05) is 7.98 Å². The Morgan fingerprint density at radius 3 is 2.67 bits per heavy atom. The van der Waals surface area contributed by atoms with Crippen LogP contribution in [0, 0.1) is 5.82 Å². The van der Waals surface area contributed by atoms with Gasteiger partial charge in [-0.05, 0) is 43.7 Å². The van der Waals surface area contributed by atoms with Gasteiger partial charge in [-0.15, -0.1) is 0 Å². The van der Waals surface area contributed by atoms with Crippen LogP contribution >= 0.6 is 0 Å². The highest BCUT2D eigenvalue weighted by molar-refractivity contribution is 6.08. The molecular formula is C13H18BFN2O. The average molecular weight is 248 g/mol. The van der Waals surface area contributed by atoms with Crippen LogP contribution in [0.1, 0.15) is 19.3 Å². The third-order valence-corrected chi connectivity index (χ3v) is 3.60. The smallest absolute Gasteiger partial charge is 0.243 e. The van der Waals surface area contributed by atoms with Gasteiger partial charge in [-0.1, -0.05) is 6.42 Å². The van der Waals surface area contributed by atoms with Crippen molar-refractivity contribution in [2.45, 2.75) is 25.3 Å². The molecule has 1 unspecified atom stereocenters. The zero-order chi connectivity index (χ0) is 13.1. The molecule has 1 aliphatic rings. The third kappa shape index (κ3) is 2.72. The summed E-state index contributed by atoms with van der Waals surface area (Å²) in [5.41, 5.74) is 0.736. The molecule has 1 saturated heterocycles. The van der Waals surface area contributed by atoms with E-state index in [0.717, 1.165) is 31.5 Å². The lowest BCUT2D eigenvalue weighted by molar-refractivity contribution is -0.122. The second kappa shape index (κ2) is 5.52. The molecule has 0 bridgehead atoms. The molecule has 0 saturated carbocycles.